The molecule has 2 aliphatic heterocycles. The molecule has 0 unspecified atom stereocenters. The summed E-state index contributed by atoms with van der Waals surface area (Å²) in [7, 11) is 0. The van der Waals surface area contributed by atoms with Crippen LogP contribution in [0.5, 0.6) is 0 Å². The number of piperazine rings is 1. The monoisotopic (exact) mass is 770 g/mol. The summed E-state index contributed by atoms with van der Waals surface area (Å²) in [6, 6.07) is 23.0. The molecule has 292 valence electrons. The number of hydrogen-bond acceptors (Lipinski definition) is 10. The largest absolute Gasteiger partial charge is 0.369 e. The SMILES string of the molecule is CC(C)(C)c1noc(C(=O)NCc2ccc(-c3[nH]nc4ncc(-c5ccc(N6CCN(CCc7ccc(N8CCC(=O)NC8=O)cc7)CC6)cc5)cc34)cc2F)n1. The predicted molar refractivity (Wildman–Crippen MR) is 213 cm³/mol. The second-order valence-electron chi connectivity index (χ2n) is 15.4. The lowest BCUT2D eigenvalue weighted by Crippen LogP contribution is -2.49. The van der Waals surface area contributed by atoms with E-state index in [1.807, 2.05) is 39.0 Å². The molecule has 0 atom stereocenters. The van der Waals surface area contributed by atoms with Gasteiger partial charge in [-0.3, -0.25) is 29.8 Å². The molecule has 0 aliphatic carbocycles. The second kappa shape index (κ2) is 15.6. The molecular weight excluding hydrogens is 728 g/mol. The van der Waals surface area contributed by atoms with Crippen molar-refractivity contribution in [2.45, 2.75) is 45.6 Å². The molecule has 6 aromatic rings. The van der Waals surface area contributed by atoms with E-state index in [2.05, 4.69) is 82.2 Å². The van der Waals surface area contributed by atoms with Crippen molar-refractivity contribution < 1.29 is 23.3 Å². The highest BCUT2D eigenvalue weighted by Crippen LogP contribution is 2.31. The third kappa shape index (κ3) is 8.24. The number of carbonyl (C=O) groups excluding carboxylic acids is 3. The quantitative estimate of drug-likeness (QED) is 0.154. The van der Waals surface area contributed by atoms with Gasteiger partial charge in [0, 0.05) is 97.3 Å². The number of pyridine rings is 1. The molecule has 2 fully saturated rings. The average Bonchev–Trinajstić information content (AvgIpc) is 3.89. The van der Waals surface area contributed by atoms with Crippen molar-refractivity contribution in [2.24, 2.45) is 0 Å². The molecule has 3 aromatic heterocycles. The first-order chi connectivity index (χ1) is 27.5. The van der Waals surface area contributed by atoms with Gasteiger partial charge in [-0.15, -0.1) is 0 Å². The minimum Gasteiger partial charge on any atom is -0.369 e. The van der Waals surface area contributed by atoms with Crippen LogP contribution in [-0.4, -0.2) is 87.3 Å². The van der Waals surface area contributed by atoms with Gasteiger partial charge in [-0.2, -0.15) is 10.1 Å². The summed E-state index contributed by atoms with van der Waals surface area (Å²) in [6.07, 6.45) is 3.02. The Balaban J connectivity index is 0.854. The Hall–Kier alpha value is -6.48. The molecule has 4 amide bonds. The van der Waals surface area contributed by atoms with Crippen molar-refractivity contribution >= 4 is 40.3 Å². The predicted octanol–water partition coefficient (Wildman–Crippen LogP) is 5.85. The Morgan fingerprint density at radius 2 is 1.63 bits per heavy atom. The summed E-state index contributed by atoms with van der Waals surface area (Å²) < 4.78 is 20.4. The van der Waals surface area contributed by atoms with Gasteiger partial charge in [0.25, 0.3) is 0 Å². The molecular formula is C42H43FN10O4. The van der Waals surface area contributed by atoms with Crippen LogP contribution in [0.25, 0.3) is 33.4 Å². The van der Waals surface area contributed by atoms with E-state index >= 15 is 4.39 Å². The molecule has 3 aromatic carbocycles. The van der Waals surface area contributed by atoms with Crippen molar-refractivity contribution in [2.75, 3.05) is 49.1 Å². The van der Waals surface area contributed by atoms with Crippen molar-refractivity contribution in [3.05, 3.63) is 108 Å². The van der Waals surface area contributed by atoms with Crippen molar-refractivity contribution in [3.8, 4) is 22.4 Å². The molecule has 2 aliphatic rings. The van der Waals surface area contributed by atoms with E-state index in [-0.39, 0.29) is 29.8 Å². The maximum absolute atomic E-state index is 15.3. The van der Waals surface area contributed by atoms with Crippen molar-refractivity contribution in [1.29, 1.82) is 0 Å². The normalized spacial score (nSPS) is 15.3. The maximum Gasteiger partial charge on any atom is 0.328 e. The molecule has 0 bridgehead atoms. The molecule has 0 radical (unpaired) electrons. The van der Waals surface area contributed by atoms with Crippen LogP contribution in [0.4, 0.5) is 20.6 Å². The van der Waals surface area contributed by atoms with Gasteiger partial charge in [-0.05, 0) is 53.9 Å². The Bertz CT molecular complexity index is 2430. The van der Waals surface area contributed by atoms with Gasteiger partial charge >= 0.3 is 17.8 Å². The Morgan fingerprint density at radius 1 is 0.895 bits per heavy atom. The fourth-order valence-corrected chi connectivity index (χ4v) is 7.03. The molecule has 0 saturated carbocycles. The number of rotatable bonds is 10. The lowest BCUT2D eigenvalue weighted by atomic mass is 9.96. The van der Waals surface area contributed by atoms with Gasteiger partial charge in [0.05, 0.1) is 5.69 Å². The lowest BCUT2D eigenvalue weighted by Gasteiger charge is -2.36. The van der Waals surface area contributed by atoms with Crippen LogP contribution in [0.3, 0.4) is 0 Å². The third-order valence-corrected chi connectivity index (χ3v) is 10.4. The number of nitrogens with one attached hydrogen (secondary N) is 3. The minimum absolute atomic E-state index is 0.0515. The molecule has 14 nitrogen and oxygen atoms in total. The van der Waals surface area contributed by atoms with E-state index in [4.69, 9.17) is 4.52 Å². The van der Waals surface area contributed by atoms with Crippen LogP contribution in [0, 0.1) is 5.82 Å². The second-order valence-corrected chi connectivity index (χ2v) is 15.4. The summed E-state index contributed by atoms with van der Waals surface area (Å²) in [4.78, 5) is 51.4. The van der Waals surface area contributed by atoms with Gasteiger partial charge in [-0.1, -0.05) is 62.3 Å². The number of nitrogens with zero attached hydrogens (tertiary/aromatic N) is 7. The van der Waals surface area contributed by atoms with Gasteiger partial charge in [0.15, 0.2) is 11.5 Å². The van der Waals surface area contributed by atoms with Gasteiger partial charge in [0.1, 0.15) is 5.82 Å². The summed E-state index contributed by atoms with van der Waals surface area (Å²) in [6.45, 7) is 10.8. The Labute approximate surface area is 328 Å². The van der Waals surface area contributed by atoms with E-state index < -0.39 is 11.7 Å². The van der Waals surface area contributed by atoms with Crippen LogP contribution < -0.4 is 20.4 Å². The lowest BCUT2D eigenvalue weighted by molar-refractivity contribution is -0.120. The van der Waals surface area contributed by atoms with Crippen LogP contribution in [0.15, 0.2) is 83.5 Å². The number of imide groups is 1. The van der Waals surface area contributed by atoms with Gasteiger partial charge < -0.3 is 14.7 Å². The summed E-state index contributed by atoms with van der Waals surface area (Å²) in [5.41, 5.74) is 6.79. The molecule has 15 heteroatoms. The highest BCUT2D eigenvalue weighted by molar-refractivity contribution is 6.05. The number of amides is 4. The van der Waals surface area contributed by atoms with Crippen LogP contribution in [0.1, 0.15) is 54.8 Å². The first-order valence-corrected chi connectivity index (χ1v) is 19.0. The number of fused-ring (bicyclic) bond motifs is 1. The standard InChI is InChI=1S/C42H43FN10O4/c1-42(2,3)40-47-39(57-50-40)38(55)45-24-29-7-6-28(23-34(29)43)36-33-22-30(25-44-37(33)49-48-36)27-8-12-31(13-9-27)52-20-18-51(19-21-52)16-14-26-4-10-32(11-5-26)53-17-15-35(54)46-41(53)56/h4-13,22-23,25H,14-21,24H2,1-3H3,(H,45,55)(H,44,48,49)(H,46,54,56). The van der Waals surface area contributed by atoms with Crippen LogP contribution in [0.2, 0.25) is 0 Å². The number of aromatic nitrogens is 5. The zero-order valence-electron chi connectivity index (χ0n) is 32.0. The molecule has 3 N–H and O–H groups in total. The first kappa shape index (κ1) is 37.4. The number of H-pyrrole nitrogens is 1. The maximum atomic E-state index is 15.3. The van der Waals surface area contributed by atoms with E-state index in [0.717, 1.165) is 67.0 Å². The molecule has 57 heavy (non-hydrogen) atoms. The third-order valence-electron chi connectivity index (χ3n) is 10.4. The minimum atomic E-state index is -0.574. The van der Waals surface area contributed by atoms with E-state index in [0.29, 0.717) is 41.3 Å². The van der Waals surface area contributed by atoms with Crippen LogP contribution >= 0.6 is 0 Å². The van der Waals surface area contributed by atoms with E-state index in [1.54, 1.807) is 23.2 Å². The molecule has 2 saturated heterocycles. The number of carbonyl (C=O) groups is 3. The average molecular weight is 771 g/mol. The zero-order valence-corrected chi connectivity index (χ0v) is 32.0. The highest BCUT2D eigenvalue weighted by atomic mass is 19.1. The fourth-order valence-electron chi connectivity index (χ4n) is 7.03. The topological polar surface area (TPSA) is 165 Å². The smallest absolute Gasteiger partial charge is 0.328 e. The Kier molecular flexibility index (Phi) is 10.2. The molecule has 0 spiro atoms. The molecule has 8 rings (SSSR count). The number of hydrogen-bond donors (Lipinski definition) is 3. The summed E-state index contributed by atoms with van der Waals surface area (Å²) in [5.74, 6) is -1.04. The summed E-state index contributed by atoms with van der Waals surface area (Å²) >= 11 is 0. The van der Waals surface area contributed by atoms with Crippen molar-refractivity contribution in [3.63, 3.8) is 0 Å². The fraction of sp³-hybridized carbons (Fsp3) is 0.310. The Morgan fingerprint density at radius 3 is 2.33 bits per heavy atom. The van der Waals surface area contributed by atoms with E-state index in [9.17, 15) is 14.4 Å². The number of halogens is 1. The van der Waals surface area contributed by atoms with E-state index in [1.165, 1.54) is 11.6 Å². The highest BCUT2D eigenvalue weighted by Gasteiger charge is 2.25. The number of aromatic amines is 1. The number of urea groups is 1. The van der Waals surface area contributed by atoms with Crippen LogP contribution in [-0.2, 0) is 23.2 Å². The zero-order chi connectivity index (χ0) is 39.7. The van der Waals surface area contributed by atoms with Crippen molar-refractivity contribution in [1.82, 2.24) is 40.9 Å². The first-order valence-electron chi connectivity index (χ1n) is 19.0. The molecule has 5 heterocycles. The van der Waals surface area contributed by atoms with Gasteiger partial charge in [-0.25, -0.2) is 14.2 Å². The summed E-state index contributed by atoms with van der Waals surface area (Å²) in [5, 5.41) is 17.0. The number of anilines is 2. The van der Waals surface area contributed by atoms with Gasteiger partial charge in [0.2, 0.25) is 5.91 Å². The number of benzene rings is 3.